The molecule has 11 heteroatoms. The van der Waals surface area contributed by atoms with E-state index in [0.29, 0.717) is 38.0 Å². The fourth-order valence-electron chi connectivity index (χ4n) is 6.00. The first-order valence-electron chi connectivity index (χ1n) is 17.3. The first-order chi connectivity index (χ1) is 22.5. The number of cyclic esters (lactones) is 1. The summed E-state index contributed by atoms with van der Waals surface area (Å²) in [7, 11) is 0. The molecule has 11 nitrogen and oxygen atoms in total. The van der Waals surface area contributed by atoms with Gasteiger partial charge >= 0.3 is 18.0 Å². The summed E-state index contributed by atoms with van der Waals surface area (Å²) in [5.74, 6) is -1.12. The van der Waals surface area contributed by atoms with Gasteiger partial charge in [0.05, 0.1) is 24.5 Å². The van der Waals surface area contributed by atoms with E-state index >= 15 is 0 Å². The van der Waals surface area contributed by atoms with Crippen LogP contribution in [0.1, 0.15) is 118 Å². The van der Waals surface area contributed by atoms with Crippen molar-refractivity contribution < 1.29 is 43.2 Å². The number of aliphatic imine (C=N–C) groups is 1. The number of nitrogens with zero attached hydrogens (tertiary/aromatic N) is 1. The largest absolute Gasteiger partial charge is 0.466 e. The molecule has 3 rings (SSSR count). The molecule has 0 spiro atoms. The summed E-state index contributed by atoms with van der Waals surface area (Å²) < 4.78 is 22.7. The molecule has 2 amide bonds. The minimum absolute atomic E-state index is 0.0166. The zero-order chi connectivity index (χ0) is 34.2. The Hall–Kier alpha value is -3.31. The van der Waals surface area contributed by atoms with Crippen LogP contribution in [0.4, 0.5) is 4.79 Å². The number of amides is 2. The highest BCUT2D eigenvalue weighted by Gasteiger charge is 2.51. The Balaban J connectivity index is 1.64. The number of carbonyl (C=O) groups excluding carboxylic acids is 4. The Kier molecular flexibility index (Phi) is 16.3. The number of allylic oxidation sites excluding steroid dienone is 4. The maximum absolute atomic E-state index is 12.9. The summed E-state index contributed by atoms with van der Waals surface area (Å²) in [6.07, 6.45) is 12.1. The fraction of sp³-hybridized carbons (Fsp3) is 0.694. The lowest BCUT2D eigenvalue weighted by molar-refractivity contribution is -0.152. The average molecular weight is 659 g/mol. The zero-order valence-electron chi connectivity index (χ0n) is 28.5. The monoisotopic (exact) mass is 658 g/mol. The van der Waals surface area contributed by atoms with Gasteiger partial charge in [-0.15, -0.1) is 0 Å². The molecule has 0 radical (unpaired) electrons. The Morgan fingerprint density at radius 1 is 1.09 bits per heavy atom. The third kappa shape index (κ3) is 14.6. The molecule has 3 aliphatic heterocycles. The topological polar surface area (TPSA) is 153 Å². The second-order valence-electron chi connectivity index (χ2n) is 13.1. The van der Waals surface area contributed by atoms with Gasteiger partial charge in [0.1, 0.15) is 12.2 Å². The third-order valence-electron chi connectivity index (χ3n) is 8.59. The van der Waals surface area contributed by atoms with Crippen LogP contribution in [0.2, 0.25) is 0 Å². The molecule has 1 fully saturated rings. The van der Waals surface area contributed by atoms with E-state index in [1.54, 1.807) is 12.2 Å². The van der Waals surface area contributed by atoms with Gasteiger partial charge in [0.15, 0.2) is 6.10 Å². The minimum atomic E-state index is -1.04. The van der Waals surface area contributed by atoms with Gasteiger partial charge in [-0.1, -0.05) is 51.7 Å². The van der Waals surface area contributed by atoms with Crippen molar-refractivity contribution in [3.63, 3.8) is 0 Å². The molecule has 6 atom stereocenters. The Morgan fingerprint density at radius 2 is 1.85 bits per heavy atom. The molecule has 0 aliphatic carbocycles. The van der Waals surface area contributed by atoms with Crippen molar-refractivity contribution in [1.82, 2.24) is 5.32 Å². The number of epoxide rings is 1. The van der Waals surface area contributed by atoms with Gasteiger partial charge in [-0.3, -0.25) is 19.9 Å². The number of fused-ring (bicyclic) bond motifs is 2. The lowest BCUT2D eigenvalue weighted by Gasteiger charge is -2.27. The molecular weight excluding hydrogens is 604 g/mol. The molecule has 0 saturated carbocycles. The van der Waals surface area contributed by atoms with Crippen LogP contribution in [-0.4, -0.2) is 71.9 Å². The van der Waals surface area contributed by atoms with Crippen LogP contribution in [0.15, 0.2) is 40.6 Å². The fourth-order valence-corrected chi connectivity index (χ4v) is 6.00. The van der Waals surface area contributed by atoms with E-state index in [1.165, 1.54) is 25.0 Å². The van der Waals surface area contributed by atoms with Crippen LogP contribution in [0, 0.1) is 5.92 Å². The molecule has 47 heavy (non-hydrogen) atoms. The maximum Gasteiger partial charge on any atom is 0.414 e. The van der Waals surface area contributed by atoms with Gasteiger partial charge in [0.25, 0.3) is 0 Å². The number of hydrogen-bond donors (Lipinski definition) is 2. The van der Waals surface area contributed by atoms with Gasteiger partial charge in [0, 0.05) is 38.0 Å². The summed E-state index contributed by atoms with van der Waals surface area (Å²) in [4.78, 5) is 53.8. The van der Waals surface area contributed by atoms with E-state index in [4.69, 9.17) is 23.9 Å². The van der Waals surface area contributed by atoms with Crippen LogP contribution < -0.4 is 5.32 Å². The van der Waals surface area contributed by atoms with E-state index in [9.17, 15) is 24.3 Å². The number of aliphatic hydroxyl groups is 1. The van der Waals surface area contributed by atoms with Crippen LogP contribution in [-0.2, 0) is 33.3 Å². The summed E-state index contributed by atoms with van der Waals surface area (Å²) in [6, 6.07) is 0. The summed E-state index contributed by atoms with van der Waals surface area (Å²) in [5.41, 5.74) is 3.20. The number of rotatable bonds is 14. The van der Waals surface area contributed by atoms with Crippen molar-refractivity contribution in [2.24, 2.45) is 10.9 Å². The maximum atomic E-state index is 12.9. The Morgan fingerprint density at radius 3 is 2.62 bits per heavy atom. The average Bonchev–Trinajstić information content (AvgIpc) is 3.69. The van der Waals surface area contributed by atoms with E-state index in [0.717, 1.165) is 56.4 Å². The molecule has 262 valence electrons. The van der Waals surface area contributed by atoms with E-state index in [2.05, 4.69) is 26.1 Å². The first-order valence-corrected chi connectivity index (χ1v) is 17.3. The van der Waals surface area contributed by atoms with Gasteiger partial charge in [-0.25, -0.2) is 9.59 Å². The van der Waals surface area contributed by atoms with Gasteiger partial charge in [-0.2, -0.15) is 0 Å². The van der Waals surface area contributed by atoms with Gasteiger partial charge < -0.3 is 24.1 Å². The molecular formula is C36H54N2O9. The molecule has 0 aromatic rings. The lowest BCUT2D eigenvalue weighted by atomic mass is 9.93. The molecule has 3 heterocycles. The predicted octanol–water partition coefficient (Wildman–Crippen LogP) is 6.18. The second kappa shape index (κ2) is 20.1. The van der Waals surface area contributed by atoms with Crippen molar-refractivity contribution in [3.8, 4) is 0 Å². The highest BCUT2D eigenvalue weighted by atomic mass is 16.7. The number of nitrogens with one attached hydrogen (secondary N) is 1. The predicted molar refractivity (Wildman–Crippen MR) is 177 cm³/mol. The van der Waals surface area contributed by atoms with Gasteiger partial charge in [-0.05, 0) is 69.4 Å². The van der Waals surface area contributed by atoms with Crippen molar-refractivity contribution in [3.05, 3.63) is 35.6 Å². The lowest BCUT2D eigenvalue weighted by Crippen LogP contribution is -2.44. The summed E-state index contributed by atoms with van der Waals surface area (Å²) in [5, 5.41) is 13.1. The minimum Gasteiger partial charge on any atom is -0.466 e. The molecule has 2 N–H and O–H groups in total. The quantitative estimate of drug-likeness (QED) is 0.0964. The number of aliphatic hydroxyl groups excluding tert-OH is 1. The molecule has 2 bridgehead atoms. The van der Waals surface area contributed by atoms with Crippen molar-refractivity contribution >= 4 is 29.7 Å². The van der Waals surface area contributed by atoms with Crippen LogP contribution in [0.25, 0.3) is 0 Å². The second-order valence-corrected chi connectivity index (χ2v) is 13.1. The number of esters is 2. The molecule has 0 aromatic carbocycles. The Labute approximate surface area is 279 Å². The Bertz CT molecular complexity index is 1190. The van der Waals surface area contributed by atoms with Crippen molar-refractivity contribution in [2.45, 2.75) is 148 Å². The normalized spacial score (nSPS) is 26.6. The van der Waals surface area contributed by atoms with E-state index < -0.39 is 42.4 Å². The van der Waals surface area contributed by atoms with Crippen molar-refractivity contribution in [2.75, 3.05) is 6.61 Å². The third-order valence-corrected chi connectivity index (χ3v) is 8.59. The van der Waals surface area contributed by atoms with E-state index in [-0.39, 0.29) is 25.1 Å². The van der Waals surface area contributed by atoms with Crippen LogP contribution in [0.3, 0.4) is 0 Å². The number of unbranched alkanes of at least 4 members (excludes halogenated alkanes) is 5. The number of hydrogen-bond acceptors (Lipinski definition) is 10. The number of carbonyl (C=O) groups is 4. The smallest absolute Gasteiger partial charge is 0.414 e. The summed E-state index contributed by atoms with van der Waals surface area (Å²) in [6.45, 7) is 7.84. The molecule has 1 saturated heterocycles. The van der Waals surface area contributed by atoms with Crippen molar-refractivity contribution in [1.29, 1.82) is 0 Å². The SMILES string of the molecule is CCCCCCCC(=O)OCCCCC(O)CC1OC(=O)/C=C\C=C\C2=C(C)CC(=N2)CC(C)CCC2OC2C1OC(=O)NC(C)=O. The van der Waals surface area contributed by atoms with E-state index in [1.807, 2.05) is 6.08 Å². The van der Waals surface area contributed by atoms with Crippen LogP contribution in [0.5, 0.6) is 0 Å². The van der Waals surface area contributed by atoms with Gasteiger partial charge in [0.2, 0.25) is 5.91 Å². The standard InChI is InChI=1S/C36H54N2O9/c1-5-6-7-8-9-16-32(41)44-20-13-12-14-28(40)23-31-35(47-36(43)37-26(4)39)34-30(46-34)19-18-24(2)21-27-22-25(3)29(38-27)15-10-11-17-33(42)45-31/h10-11,15,17,24,28,30-31,34-35,40H,5-9,12-14,16,18-23H2,1-4H3,(H,37,39,43)/b15-10+,17-11-. The number of alkyl carbamates (subject to hydrolysis) is 1. The zero-order valence-corrected chi connectivity index (χ0v) is 28.5. The number of imide groups is 1. The molecule has 3 aliphatic rings. The highest BCUT2D eigenvalue weighted by molar-refractivity contribution is 5.91. The highest BCUT2D eigenvalue weighted by Crippen LogP contribution is 2.36. The van der Waals surface area contributed by atoms with Crippen LogP contribution >= 0.6 is 0 Å². The molecule has 6 unspecified atom stereocenters. The summed E-state index contributed by atoms with van der Waals surface area (Å²) >= 11 is 0. The number of ether oxygens (including phenoxy) is 4. The molecule has 0 aromatic heterocycles. The first kappa shape index (κ1) is 38.1.